The Bertz CT molecular complexity index is 559. The normalized spacial score (nSPS) is 24.1. The summed E-state index contributed by atoms with van der Waals surface area (Å²) in [6.07, 6.45) is 0.795. The van der Waals surface area contributed by atoms with Crippen molar-refractivity contribution in [2.45, 2.75) is 31.7 Å². The highest BCUT2D eigenvalue weighted by atomic mass is 32.2. The zero-order valence-electron chi connectivity index (χ0n) is 11.7. The van der Waals surface area contributed by atoms with Crippen LogP contribution >= 0.6 is 0 Å². The lowest BCUT2D eigenvalue weighted by Gasteiger charge is -2.25. The predicted octanol–water partition coefficient (Wildman–Crippen LogP) is 0.678. The Kier molecular flexibility index (Phi) is 4.80. The molecule has 0 spiro atoms. The molecule has 2 rings (SSSR count). The SMILES string of the molecule is CC1CCN(S(=O)(=O)Cc2ccccc2CN)C1CO. The molecule has 1 aliphatic rings. The summed E-state index contributed by atoms with van der Waals surface area (Å²) in [5.41, 5.74) is 7.24. The van der Waals surface area contributed by atoms with E-state index in [-0.39, 0.29) is 24.3 Å². The first kappa shape index (κ1) is 15.4. The van der Waals surface area contributed by atoms with Crippen LogP contribution < -0.4 is 5.73 Å². The monoisotopic (exact) mass is 298 g/mol. The van der Waals surface area contributed by atoms with Gasteiger partial charge in [0, 0.05) is 13.1 Å². The molecule has 1 aromatic carbocycles. The smallest absolute Gasteiger partial charge is 0.218 e. The largest absolute Gasteiger partial charge is 0.395 e. The minimum atomic E-state index is -3.42. The molecule has 1 fully saturated rings. The van der Waals surface area contributed by atoms with Gasteiger partial charge in [-0.3, -0.25) is 0 Å². The van der Waals surface area contributed by atoms with E-state index in [9.17, 15) is 13.5 Å². The molecule has 20 heavy (non-hydrogen) atoms. The maximum absolute atomic E-state index is 12.6. The van der Waals surface area contributed by atoms with Crippen LogP contribution in [-0.2, 0) is 22.3 Å². The summed E-state index contributed by atoms with van der Waals surface area (Å²) < 4.78 is 26.6. The van der Waals surface area contributed by atoms with Crippen LogP contribution in [0.5, 0.6) is 0 Å². The third-order valence-corrected chi connectivity index (χ3v) is 5.90. The zero-order valence-corrected chi connectivity index (χ0v) is 12.5. The van der Waals surface area contributed by atoms with Gasteiger partial charge in [0.25, 0.3) is 0 Å². The number of sulfonamides is 1. The molecule has 112 valence electrons. The lowest BCUT2D eigenvalue weighted by Crippen LogP contribution is -2.40. The minimum absolute atomic E-state index is 0.0520. The number of rotatable bonds is 5. The van der Waals surface area contributed by atoms with Crippen molar-refractivity contribution < 1.29 is 13.5 Å². The average molecular weight is 298 g/mol. The van der Waals surface area contributed by atoms with Crippen molar-refractivity contribution in [1.29, 1.82) is 0 Å². The first-order valence-electron chi connectivity index (χ1n) is 6.87. The van der Waals surface area contributed by atoms with Gasteiger partial charge in [-0.2, -0.15) is 4.31 Å². The molecular formula is C14H22N2O3S. The lowest BCUT2D eigenvalue weighted by atomic mass is 10.0. The van der Waals surface area contributed by atoms with Gasteiger partial charge in [0.1, 0.15) is 0 Å². The summed E-state index contributed by atoms with van der Waals surface area (Å²) in [5, 5.41) is 9.41. The maximum atomic E-state index is 12.6. The molecule has 0 aromatic heterocycles. The molecule has 1 saturated heterocycles. The Balaban J connectivity index is 2.23. The summed E-state index contributed by atoms with van der Waals surface area (Å²) in [6.45, 7) is 2.66. The van der Waals surface area contributed by atoms with Crippen LogP contribution in [0.2, 0.25) is 0 Å². The molecular weight excluding hydrogens is 276 g/mol. The quantitative estimate of drug-likeness (QED) is 0.837. The number of nitrogens with two attached hydrogens (primary N) is 1. The van der Waals surface area contributed by atoms with Crippen LogP contribution in [0.3, 0.4) is 0 Å². The van der Waals surface area contributed by atoms with Gasteiger partial charge < -0.3 is 10.8 Å². The number of hydrogen-bond acceptors (Lipinski definition) is 4. The Morgan fingerprint density at radius 1 is 1.35 bits per heavy atom. The highest BCUT2D eigenvalue weighted by Gasteiger charge is 2.38. The molecule has 5 nitrogen and oxygen atoms in total. The van der Waals surface area contributed by atoms with E-state index >= 15 is 0 Å². The fourth-order valence-electron chi connectivity index (χ4n) is 2.77. The molecule has 0 saturated carbocycles. The van der Waals surface area contributed by atoms with Gasteiger partial charge in [0.2, 0.25) is 10.0 Å². The molecule has 6 heteroatoms. The molecule has 0 aliphatic carbocycles. The molecule has 3 N–H and O–H groups in total. The summed E-state index contributed by atoms with van der Waals surface area (Å²) >= 11 is 0. The van der Waals surface area contributed by atoms with Crippen molar-refractivity contribution in [2.75, 3.05) is 13.2 Å². The Labute approximate surface area is 120 Å². The number of aliphatic hydroxyl groups is 1. The van der Waals surface area contributed by atoms with Crippen molar-refractivity contribution in [3.05, 3.63) is 35.4 Å². The number of benzene rings is 1. The minimum Gasteiger partial charge on any atom is -0.395 e. The summed E-state index contributed by atoms with van der Waals surface area (Å²) in [6, 6.07) is 7.02. The van der Waals surface area contributed by atoms with E-state index in [2.05, 4.69) is 0 Å². The first-order valence-corrected chi connectivity index (χ1v) is 8.47. The van der Waals surface area contributed by atoms with Crippen LogP contribution in [0.15, 0.2) is 24.3 Å². The summed E-state index contributed by atoms with van der Waals surface area (Å²) in [7, 11) is -3.42. The molecule has 1 aliphatic heterocycles. The fraction of sp³-hybridized carbons (Fsp3) is 0.571. The standard InChI is InChI=1S/C14H22N2O3S/c1-11-6-7-16(14(11)9-17)20(18,19)10-13-5-3-2-4-12(13)8-15/h2-5,11,14,17H,6-10,15H2,1H3. The van der Waals surface area contributed by atoms with Crippen LogP contribution in [-0.4, -0.2) is 37.0 Å². The van der Waals surface area contributed by atoms with Crippen molar-refractivity contribution in [3.63, 3.8) is 0 Å². The van der Waals surface area contributed by atoms with Crippen molar-refractivity contribution in [3.8, 4) is 0 Å². The second kappa shape index (κ2) is 6.22. The third-order valence-electron chi connectivity index (χ3n) is 4.05. The molecule has 0 amide bonds. The zero-order chi connectivity index (χ0) is 14.8. The van der Waals surface area contributed by atoms with Crippen LogP contribution in [0, 0.1) is 5.92 Å². The fourth-order valence-corrected chi connectivity index (χ4v) is 4.68. The van der Waals surface area contributed by atoms with Gasteiger partial charge >= 0.3 is 0 Å². The predicted molar refractivity (Wildman–Crippen MR) is 78.3 cm³/mol. The van der Waals surface area contributed by atoms with Gasteiger partial charge in [-0.1, -0.05) is 31.2 Å². The average Bonchev–Trinajstić information content (AvgIpc) is 2.81. The van der Waals surface area contributed by atoms with Gasteiger partial charge in [-0.05, 0) is 23.5 Å². The van der Waals surface area contributed by atoms with E-state index in [1.165, 1.54) is 4.31 Å². The highest BCUT2D eigenvalue weighted by Crippen LogP contribution is 2.28. The molecule has 0 radical (unpaired) electrons. The molecule has 2 unspecified atom stereocenters. The van der Waals surface area contributed by atoms with Gasteiger partial charge in [-0.15, -0.1) is 0 Å². The second-order valence-electron chi connectivity index (χ2n) is 5.36. The van der Waals surface area contributed by atoms with E-state index in [1.54, 1.807) is 6.07 Å². The van der Waals surface area contributed by atoms with Gasteiger partial charge in [-0.25, -0.2) is 8.42 Å². The second-order valence-corrected chi connectivity index (χ2v) is 7.28. The van der Waals surface area contributed by atoms with E-state index in [4.69, 9.17) is 5.73 Å². The summed E-state index contributed by atoms with van der Waals surface area (Å²) in [4.78, 5) is 0. The molecule has 2 atom stereocenters. The topological polar surface area (TPSA) is 83.6 Å². The summed E-state index contributed by atoms with van der Waals surface area (Å²) in [5.74, 6) is 0.142. The van der Waals surface area contributed by atoms with Crippen molar-refractivity contribution in [1.82, 2.24) is 4.31 Å². The molecule has 0 bridgehead atoms. The van der Waals surface area contributed by atoms with Gasteiger partial charge in [0.15, 0.2) is 0 Å². The van der Waals surface area contributed by atoms with Crippen LogP contribution in [0.1, 0.15) is 24.5 Å². The Morgan fingerprint density at radius 3 is 2.60 bits per heavy atom. The van der Waals surface area contributed by atoms with Crippen LogP contribution in [0.4, 0.5) is 0 Å². The van der Waals surface area contributed by atoms with Crippen LogP contribution in [0.25, 0.3) is 0 Å². The molecule has 1 aromatic rings. The first-order chi connectivity index (χ1) is 9.49. The third kappa shape index (κ3) is 3.03. The van der Waals surface area contributed by atoms with Crippen molar-refractivity contribution in [2.24, 2.45) is 11.7 Å². The van der Waals surface area contributed by atoms with E-state index < -0.39 is 10.0 Å². The van der Waals surface area contributed by atoms with E-state index in [1.807, 2.05) is 25.1 Å². The number of aliphatic hydroxyl groups excluding tert-OH is 1. The maximum Gasteiger partial charge on any atom is 0.218 e. The molecule has 1 heterocycles. The van der Waals surface area contributed by atoms with Crippen molar-refractivity contribution >= 4 is 10.0 Å². The Morgan fingerprint density at radius 2 is 2.00 bits per heavy atom. The number of hydrogen-bond donors (Lipinski definition) is 2. The van der Waals surface area contributed by atoms with E-state index in [0.717, 1.165) is 17.5 Å². The lowest BCUT2D eigenvalue weighted by molar-refractivity contribution is 0.191. The Hall–Kier alpha value is -0.950. The van der Waals surface area contributed by atoms with E-state index in [0.29, 0.717) is 13.1 Å². The highest BCUT2D eigenvalue weighted by molar-refractivity contribution is 7.88. The number of nitrogens with zero attached hydrogens (tertiary/aromatic N) is 1. The van der Waals surface area contributed by atoms with Gasteiger partial charge in [0.05, 0.1) is 18.4 Å².